The van der Waals surface area contributed by atoms with Crippen molar-refractivity contribution in [2.45, 2.75) is 53.5 Å². The lowest BCUT2D eigenvalue weighted by molar-refractivity contribution is 0.246. The number of hydrogen-bond donors (Lipinski definition) is 0. The molecule has 1 heteroatoms. The minimum absolute atomic E-state index is 0.686. The molecular formula is C12H27N. The van der Waals surface area contributed by atoms with Crippen LogP contribution < -0.4 is 0 Å². The van der Waals surface area contributed by atoms with E-state index in [1.165, 1.54) is 19.4 Å². The Bertz CT molecular complexity index is 118. The molecular weight excluding hydrogens is 158 g/mol. The molecule has 0 bridgehead atoms. The van der Waals surface area contributed by atoms with Gasteiger partial charge in [0.05, 0.1) is 0 Å². The molecule has 1 unspecified atom stereocenters. The van der Waals surface area contributed by atoms with Crippen molar-refractivity contribution in [3.05, 3.63) is 0 Å². The van der Waals surface area contributed by atoms with Gasteiger partial charge in [-0.15, -0.1) is 0 Å². The van der Waals surface area contributed by atoms with Crippen LogP contribution in [0.3, 0.4) is 0 Å². The van der Waals surface area contributed by atoms with Gasteiger partial charge >= 0.3 is 0 Å². The molecule has 1 atom stereocenters. The summed E-state index contributed by atoms with van der Waals surface area (Å²) in [5, 5.41) is 0. The molecule has 0 heterocycles. The fourth-order valence-corrected chi connectivity index (χ4v) is 1.60. The predicted molar refractivity (Wildman–Crippen MR) is 61.0 cm³/mol. The number of nitrogens with zero attached hydrogens (tertiary/aromatic N) is 1. The molecule has 0 aliphatic heterocycles. The van der Waals surface area contributed by atoms with Crippen LogP contribution in [-0.2, 0) is 0 Å². The summed E-state index contributed by atoms with van der Waals surface area (Å²) >= 11 is 0. The van der Waals surface area contributed by atoms with Gasteiger partial charge in [-0.3, -0.25) is 0 Å². The van der Waals surface area contributed by atoms with Crippen molar-refractivity contribution >= 4 is 0 Å². The zero-order chi connectivity index (χ0) is 10.4. The van der Waals surface area contributed by atoms with Gasteiger partial charge in [0, 0.05) is 6.04 Å². The Hall–Kier alpha value is -0.0400. The van der Waals surface area contributed by atoms with Crippen LogP contribution in [0.4, 0.5) is 0 Å². The summed E-state index contributed by atoms with van der Waals surface area (Å²) in [7, 11) is 2.22. The van der Waals surface area contributed by atoms with Crippen LogP contribution in [0, 0.1) is 11.8 Å². The van der Waals surface area contributed by atoms with Crippen molar-refractivity contribution in [1.29, 1.82) is 0 Å². The van der Waals surface area contributed by atoms with E-state index in [9.17, 15) is 0 Å². The number of rotatable bonds is 6. The van der Waals surface area contributed by atoms with Crippen LogP contribution in [-0.4, -0.2) is 24.5 Å². The third kappa shape index (κ3) is 7.06. The summed E-state index contributed by atoms with van der Waals surface area (Å²) in [4.78, 5) is 2.43. The standard InChI is InChI=1S/C12H27N/c1-10(2)9-12(5)7-8-13(6)11(3)4/h10-12H,7-9H2,1-6H3. The van der Waals surface area contributed by atoms with Crippen molar-refractivity contribution in [1.82, 2.24) is 4.90 Å². The van der Waals surface area contributed by atoms with E-state index in [0.29, 0.717) is 6.04 Å². The molecule has 0 saturated carbocycles. The van der Waals surface area contributed by atoms with Crippen LogP contribution in [0.1, 0.15) is 47.5 Å². The summed E-state index contributed by atoms with van der Waals surface area (Å²) in [5.41, 5.74) is 0. The Morgan fingerprint density at radius 1 is 1.00 bits per heavy atom. The van der Waals surface area contributed by atoms with Gasteiger partial charge in [0.25, 0.3) is 0 Å². The Kier molecular flexibility index (Phi) is 6.40. The smallest absolute Gasteiger partial charge is 0.00355 e. The van der Waals surface area contributed by atoms with E-state index in [0.717, 1.165) is 11.8 Å². The summed E-state index contributed by atoms with van der Waals surface area (Å²) in [6.07, 6.45) is 2.71. The highest BCUT2D eigenvalue weighted by atomic mass is 15.1. The molecule has 0 radical (unpaired) electrons. The van der Waals surface area contributed by atoms with E-state index >= 15 is 0 Å². The SMILES string of the molecule is CC(C)CC(C)CCN(C)C(C)C. The average molecular weight is 185 g/mol. The molecule has 0 aromatic carbocycles. The lowest BCUT2D eigenvalue weighted by atomic mass is 9.96. The van der Waals surface area contributed by atoms with Crippen molar-refractivity contribution in [3.8, 4) is 0 Å². The third-order valence-electron chi connectivity index (χ3n) is 2.73. The molecule has 0 spiro atoms. The van der Waals surface area contributed by atoms with E-state index in [-0.39, 0.29) is 0 Å². The van der Waals surface area contributed by atoms with E-state index < -0.39 is 0 Å². The third-order valence-corrected chi connectivity index (χ3v) is 2.73. The Balaban J connectivity index is 3.51. The quantitative estimate of drug-likeness (QED) is 0.613. The Labute approximate surface area is 84.5 Å². The molecule has 0 N–H and O–H groups in total. The van der Waals surface area contributed by atoms with Crippen LogP contribution >= 0.6 is 0 Å². The van der Waals surface area contributed by atoms with Crippen LogP contribution in [0.25, 0.3) is 0 Å². The monoisotopic (exact) mass is 185 g/mol. The summed E-state index contributed by atoms with van der Waals surface area (Å²) in [6.45, 7) is 12.7. The van der Waals surface area contributed by atoms with Crippen molar-refractivity contribution in [2.24, 2.45) is 11.8 Å². The Morgan fingerprint density at radius 3 is 1.92 bits per heavy atom. The van der Waals surface area contributed by atoms with Gasteiger partial charge in [-0.1, -0.05) is 20.8 Å². The van der Waals surface area contributed by atoms with Gasteiger partial charge in [-0.05, 0) is 52.1 Å². The predicted octanol–water partition coefficient (Wildman–Crippen LogP) is 3.40. The van der Waals surface area contributed by atoms with Gasteiger partial charge < -0.3 is 4.90 Å². The highest BCUT2D eigenvalue weighted by Gasteiger charge is 2.08. The van der Waals surface area contributed by atoms with Crippen molar-refractivity contribution in [2.75, 3.05) is 13.6 Å². The van der Waals surface area contributed by atoms with Gasteiger partial charge in [0.15, 0.2) is 0 Å². The largest absolute Gasteiger partial charge is 0.304 e. The topological polar surface area (TPSA) is 3.24 Å². The molecule has 0 rings (SSSR count). The molecule has 0 aliphatic carbocycles. The molecule has 0 aromatic rings. The zero-order valence-corrected chi connectivity index (χ0v) is 10.3. The van der Waals surface area contributed by atoms with Gasteiger partial charge in [-0.2, -0.15) is 0 Å². The summed E-state index contributed by atoms with van der Waals surface area (Å²) in [5.74, 6) is 1.72. The molecule has 0 amide bonds. The average Bonchev–Trinajstić information content (AvgIpc) is 1.98. The van der Waals surface area contributed by atoms with Gasteiger partial charge in [0.2, 0.25) is 0 Å². The molecule has 13 heavy (non-hydrogen) atoms. The molecule has 0 aromatic heterocycles. The lowest BCUT2D eigenvalue weighted by Crippen LogP contribution is -2.28. The first kappa shape index (κ1) is 13.0. The summed E-state index contributed by atoms with van der Waals surface area (Å²) in [6, 6.07) is 0.686. The fourth-order valence-electron chi connectivity index (χ4n) is 1.60. The zero-order valence-electron chi connectivity index (χ0n) is 10.3. The van der Waals surface area contributed by atoms with Crippen LogP contribution in [0.15, 0.2) is 0 Å². The molecule has 1 nitrogen and oxygen atoms in total. The second-order valence-electron chi connectivity index (χ2n) is 5.10. The molecule has 0 aliphatic rings. The maximum absolute atomic E-state index is 2.43. The van der Waals surface area contributed by atoms with Crippen molar-refractivity contribution < 1.29 is 0 Å². The molecule has 0 fully saturated rings. The lowest BCUT2D eigenvalue weighted by Gasteiger charge is -2.23. The van der Waals surface area contributed by atoms with Gasteiger partial charge in [-0.25, -0.2) is 0 Å². The maximum atomic E-state index is 2.43. The maximum Gasteiger partial charge on any atom is 0.00355 e. The van der Waals surface area contributed by atoms with E-state index in [2.05, 4.69) is 46.6 Å². The van der Waals surface area contributed by atoms with Crippen molar-refractivity contribution in [3.63, 3.8) is 0 Å². The second kappa shape index (κ2) is 6.42. The first-order valence-electron chi connectivity index (χ1n) is 5.63. The van der Waals surface area contributed by atoms with Gasteiger partial charge in [0.1, 0.15) is 0 Å². The molecule has 0 saturated heterocycles. The van der Waals surface area contributed by atoms with Crippen LogP contribution in [0.2, 0.25) is 0 Å². The minimum atomic E-state index is 0.686. The molecule has 80 valence electrons. The van der Waals surface area contributed by atoms with E-state index in [1.54, 1.807) is 0 Å². The van der Waals surface area contributed by atoms with Crippen LogP contribution in [0.5, 0.6) is 0 Å². The fraction of sp³-hybridized carbons (Fsp3) is 1.00. The first-order chi connectivity index (χ1) is 5.93. The number of hydrogen-bond acceptors (Lipinski definition) is 1. The highest BCUT2D eigenvalue weighted by Crippen LogP contribution is 2.14. The second-order valence-corrected chi connectivity index (χ2v) is 5.10. The first-order valence-corrected chi connectivity index (χ1v) is 5.63. The Morgan fingerprint density at radius 2 is 1.54 bits per heavy atom. The van der Waals surface area contributed by atoms with E-state index in [1.807, 2.05) is 0 Å². The highest BCUT2D eigenvalue weighted by molar-refractivity contribution is 4.62. The minimum Gasteiger partial charge on any atom is -0.304 e. The summed E-state index contributed by atoms with van der Waals surface area (Å²) < 4.78 is 0. The van der Waals surface area contributed by atoms with E-state index in [4.69, 9.17) is 0 Å². The normalized spacial score (nSPS) is 14.5.